The average molecular weight is 268 g/mol. The summed E-state index contributed by atoms with van der Waals surface area (Å²) in [7, 11) is 5.74. The second-order valence-corrected chi connectivity index (χ2v) is 4.89. The normalized spacial score (nSPS) is 16.4. The zero-order chi connectivity index (χ0) is 13.8. The van der Waals surface area contributed by atoms with Crippen LogP contribution in [0.5, 0.6) is 0 Å². The smallest absolute Gasteiger partial charge is 0.223 e. The van der Waals surface area contributed by atoms with Crippen LogP contribution in [0.4, 0.5) is 5.95 Å². The van der Waals surface area contributed by atoms with Gasteiger partial charge in [-0.05, 0) is 6.07 Å². The minimum absolute atomic E-state index is 0.663. The number of nitrogens with zero attached hydrogens (tertiary/aromatic N) is 3. The number of morpholine rings is 1. The van der Waals surface area contributed by atoms with Crippen molar-refractivity contribution in [1.29, 1.82) is 0 Å². The van der Waals surface area contributed by atoms with E-state index in [9.17, 15) is 0 Å². The standard InChI is InChI=1S/C14H17BN4O/c15-12-1-2-13-11(9-12)10-17-14(18-13)16-3-4-19-5-7-20-8-6-19/h1-2,9-10H,3-8H2,(H,16,17,18). The molecule has 6 heteroatoms. The molecule has 0 aliphatic carbocycles. The predicted octanol–water partition coefficient (Wildman–Crippen LogP) is 0.168. The Labute approximate surface area is 119 Å². The molecule has 1 N–H and O–H groups in total. The number of benzene rings is 1. The summed E-state index contributed by atoms with van der Waals surface area (Å²) in [6.45, 7) is 5.47. The first kappa shape index (κ1) is 13.3. The number of hydrogen-bond donors (Lipinski definition) is 1. The van der Waals surface area contributed by atoms with Crippen LogP contribution < -0.4 is 10.8 Å². The van der Waals surface area contributed by atoms with Crippen LogP contribution in [0.2, 0.25) is 0 Å². The van der Waals surface area contributed by atoms with Gasteiger partial charge in [-0.2, -0.15) is 0 Å². The highest BCUT2D eigenvalue weighted by molar-refractivity contribution is 6.33. The Morgan fingerprint density at radius 3 is 3.00 bits per heavy atom. The Morgan fingerprint density at radius 2 is 2.15 bits per heavy atom. The van der Waals surface area contributed by atoms with Gasteiger partial charge in [0.25, 0.3) is 0 Å². The van der Waals surface area contributed by atoms with E-state index in [1.165, 1.54) is 0 Å². The fourth-order valence-corrected chi connectivity index (χ4v) is 2.29. The maximum Gasteiger partial charge on any atom is 0.223 e. The van der Waals surface area contributed by atoms with Crippen LogP contribution in [0, 0.1) is 0 Å². The third-order valence-corrected chi connectivity index (χ3v) is 3.42. The van der Waals surface area contributed by atoms with Crippen LogP contribution in [0.15, 0.2) is 24.4 Å². The van der Waals surface area contributed by atoms with Crippen molar-refractivity contribution < 1.29 is 4.74 Å². The van der Waals surface area contributed by atoms with Crippen molar-refractivity contribution in [2.75, 3.05) is 44.7 Å². The van der Waals surface area contributed by atoms with E-state index >= 15 is 0 Å². The molecule has 2 radical (unpaired) electrons. The minimum atomic E-state index is 0.663. The summed E-state index contributed by atoms with van der Waals surface area (Å²) in [5, 5.41) is 4.22. The number of nitrogens with one attached hydrogen (secondary N) is 1. The molecular weight excluding hydrogens is 251 g/mol. The zero-order valence-corrected chi connectivity index (χ0v) is 11.4. The third kappa shape index (κ3) is 3.26. The highest BCUT2D eigenvalue weighted by Crippen LogP contribution is 2.10. The lowest BCUT2D eigenvalue weighted by Gasteiger charge is -2.26. The molecule has 1 aromatic carbocycles. The third-order valence-electron chi connectivity index (χ3n) is 3.42. The SMILES string of the molecule is [B]c1ccc2nc(NCCN3CCOCC3)ncc2c1. The van der Waals surface area contributed by atoms with E-state index in [2.05, 4.69) is 20.2 Å². The summed E-state index contributed by atoms with van der Waals surface area (Å²) in [6, 6.07) is 5.65. The molecule has 0 saturated carbocycles. The lowest BCUT2D eigenvalue weighted by Crippen LogP contribution is -2.39. The Morgan fingerprint density at radius 1 is 1.30 bits per heavy atom. The van der Waals surface area contributed by atoms with Crippen molar-refractivity contribution >= 4 is 30.2 Å². The molecule has 2 aromatic rings. The van der Waals surface area contributed by atoms with Crippen LogP contribution in [0.3, 0.4) is 0 Å². The van der Waals surface area contributed by atoms with Crippen LogP contribution in [-0.4, -0.2) is 62.1 Å². The second kappa shape index (κ2) is 6.20. The first-order chi connectivity index (χ1) is 9.81. The van der Waals surface area contributed by atoms with Crippen molar-refractivity contribution in [3.05, 3.63) is 24.4 Å². The van der Waals surface area contributed by atoms with E-state index in [1.807, 2.05) is 18.2 Å². The number of anilines is 1. The Hall–Kier alpha value is -1.66. The summed E-state index contributed by atoms with van der Waals surface area (Å²) in [6.07, 6.45) is 1.80. The number of ether oxygens (including phenoxy) is 1. The molecule has 1 saturated heterocycles. The van der Waals surface area contributed by atoms with E-state index in [0.29, 0.717) is 5.95 Å². The highest BCUT2D eigenvalue weighted by atomic mass is 16.5. The fraction of sp³-hybridized carbons (Fsp3) is 0.429. The van der Waals surface area contributed by atoms with E-state index in [4.69, 9.17) is 12.6 Å². The topological polar surface area (TPSA) is 50.3 Å². The van der Waals surface area contributed by atoms with Gasteiger partial charge in [0.1, 0.15) is 7.85 Å². The van der Waals surface area contributed by atoms with Gasteiger partial charge in [0.05, 0.1) is 18.7 Å². The summed E-state index contributed by atoms with van der Waals surface area (Å²) in [5.74, 6) is 0.663. The Balaban J connectivity index is 1.58. The molecule has 0 unspecified atom stereocenters. The quantitative estimate of drug-likeness (QED) is 0.801. The maximum atomic E-state index is 5.74. The molecule has 0 bridgehead atoms. The van der Waals surface area contributed by atoms with Crippen LogP contribution in [0.1, 0.15) is 0 Å². The van der Waals surface area contributed by atoms with Crippen molar-refractivity contribution in [2.45, 2.75) is 0 Å². The molecule has 3 rings (SSSR count). The Bertz CT molecular complexity index is 586. The van der Waals surface area contributed by atoms with Gasteiger partial charge in [-0.15, -0.1) is 0 Å². The largest absolute Gasteiger partial charge is 0.379 e. The number of rotatable bonds is 4. The molecule has 0 atom stereocenters. The molecule has 102 valence electrons. The molecule has 5 nitrogen and oxygen atoms in total. The van der Waals surface area contributed by atoms with E-state index in [-0.39, 0.29) is 0 Å². The van der Waals surface area contributed by atoms with Gasteiger partial charge in [0.15, 0.2) is 0 Å². The molecule has 0 spiro atoms. The van der Waals surface area contributed by atoms with Crippen molar-refractivity contribution in [3.8, 4) is 0 Å². The van der Waals surface area contributed by atoms with Crippen molar-refractivity contribution in [3.63, 3.8) is 0 Å². The lowest BCUT2D eigenvalue weighted by molar-refractivity contribution is 0.0398. The second-order valence-electron chi connectivity index (χ2n) is 4.89. The van der Waals surface area contributed by atoms with Gasteiger partial charge >= 0.3 is 0 Å². The average Bonchev–Trinajstić information content (AvgIpc) is 2.48. The first-order valence-electron chi connectivity index (χ1n) is 6.87. The molecule has 1 aliphatic heterocycles. The predicted molar refractivity (Wildman–Crippen MR) is 80.7 cm³/mol. The maximum absolute atomic E-state index is 5.74. The lowest BCUT2D eigenvalue weighted by atomic mass is 9.95. The summed E-state index contributed by atoms with van der Waals surface area (Å²) < 4.78 is 5.33. The molecule has 0 amide bonds. The number of fused-ring (bicyclic) bond motifs is 1. The molecule has 1 fully saturated rings. The van der Waals surface area contributed by atoms with Gasteiger partial charge in [0, 0.05) is 37.8 Å². The van der Waals surface area contributed by atoms with E-state index in [1.54, 1.807) is 6.20 Å². The van der Waals surface area contributed by atoms with E-state index in [0.717, 1.165) is 55.8 Å². The molecule has 20 heavy (non-hydrogen) atoms. The summed E-state index contributed by atoms with van der Waals surface area (Å²) >= 11 is 0. The zero-order valence-electron chi connectivity index (χ0n) is 11.4. The van der Waals surface area contributed by atoms with Crippen LogP contribution in [0.25, 0.3) is 10.9 Å². The van der Waals surface area contributed by atoms with Gasteiger partial charge in [-0.3, -0.25) is 4.90 Å². The van der Waals surface area contributed by atoms with Crippen molar-refractivity contribution in [1.82, 2.24) is 14.9 Å². The number of aromatic nitrogens is 2. The summed E-state index contributed by atoms with van der Waals surface area (Å²) in [5.41, 5.74) is 1.64. The fourth-order valence-electron chi connectivity index (χ4n) is 2.29. The van der Waals surface area contributed by atoms with Crippen LogP contribution in [-0.2, 0) is 4.74 Å². The Kier molecular flexibility index (Phi) is 4.13. The van der Waals surface area contributed by atoms with Gasteiger partial charge in [-0.1, -0.05) is 17.6 Å². The van der Waals surface area contributed by atoms with E-state index < -0.39 is 0 Å². The number of hydrogen-bond acceptors (Lipinski definition) is 5. The highest BCUT2D eigenvalue weighted by Gasteiger charge is 2.09. The van der Waals surface area contributed by atoms with Crippen molar-refractivity contribution in [2.24, 2.45) is 0 Å². The van der Waals surface area contributed by atoms with Crippen LogP contribution >= 0.6 is 0 Å². The van der Waals surface area contributed by atoms with Gasteiger partial charge in [0.2, 0.25) is 5.95 Å². The molecule has 1 aliphatic rings. The molecule has 1 aromatic heterocycles. The van der Waals surface area contributed by atoms with Gasteiger partial charge < -0.3 is 10.1 Å². The first-order valence-corrected chi connectivity index (χ1v) is 6.87. The molecule has 2 heterocycles. The molecular formula is C14H17BN4O. The monoisotopic (exact) mass is 268 g/mol. The van der Waals surface area contributed by atoms with Gasteiger partial charge in [-0.25, -0.2) is 9.97 Å². The summed E-state index contributed by atoms with van der Waals surface area (Å²) in [4.78, 5) is 11.2. The minimum Gasteiger partial charge on any atom is -0.379 e.